The Morgan fingerprint density at radius 2 is 1.20 bits per heavy atom. The smallest absolute Gasteiger partial charge is 0.230 e. The second-order valence-electron chi connectivity index (χ2n) is 13.0. The van der Waals surface area contributed by atoms with Gasteiger partial charge in [0.15, 0.2) is 23.0 Å². The van der Waals surface area contributed by atoms with Crippen LogP contribution < -0.4 is 23.7 Å². The number of halogens is 1. The van der Waals surface area contributed by atoms with Crippen molar-refractivity contribution >= 4 is 44.3 Å². The van der Waals surface area contributed by atoms with Crippen LogP contribution in [-0.2, 0) is 9.47 Å². The number of morpholine rings is 2. The van der Waals surface area contributed by atoms with Crippen molar-refractivity contribution < 1.29 is 33.2 Å². The summed E-state index contributed by atoms with van der Waals surface area (Å²) >= 11 is 6.09. The number of aromatic nitrogens is 6. The third-order valence-corrected chi connectivity index (χ3v) is 9.71. The zero-order valence-electron chi connectivity index (χ0n) is 31.6. The lowest BCUT2D eigenvalue weighted by molar-refractivity contribution is 0.0357. The molecular formula is C40H45ClN8O7. The Labute approximate surface area is 329 Å². The van der Waals surface area contributed by atoms with E-state index in [0.29, 0.717) is 58.5 Å². The molecule has 8 rings (SSSR count). The molecule has 0 saturated carbocycles. The molecule has 5 heterocycles. The van der Waals surface area contributed by atoms with Crippen molar-refractivity contribution in [1.82, 2.24) is 39.7 Å². The number of rotatable bonds is 14. The first-order chi connectivity index (χ1) is 27.6. The van der Waals surface area contributed by atoms with Gasteiger partial charge in [0.25, 0.3) is 0 Å². The Bertz CT molecular complexity index is 2200. The summed E-state index contributed by atoms with van der Waals surface area (Å²) in [5, 5.41) is 2.84. The molecule has 2 saturated heterocycles. The first kappa shape index (κ1) is 39.1. The highest BCUT2D eigenvalue weighted by Gasteiger charge is 2.16. The molecule has 16 heteroatoms. The van der Waals surface area contributed by atoms with Crippen LogP contribution in [0.4, 0.5) is 0 Å². The lowest BCUT2D eigenvalue weighted by Gasteiger charge is -2.26. The number of benzene rings is 3. The molecule has 15 nitrogen and oxygen atoms in total. The van der Waals surface area contributed by atoms with E-state index in [-0.39, 0.29) is 0 Å². The Morgan fingerprint density at radius 3 is 1.82 bits per heavy atom. The topological polar surface area (TPSA) is 148 Å². The third-order valence-electron chi connectivity index (χ3n) is 9.41. The number of ether oxygens (including phenoxy) is 7. The lowest BCUT2D eigenvalue weighted by atomic mass is 10.2. The highest BCUT2D eigenvalue weighted by Crippen LogP contribution is 2.37. The van der Waals surface area contributed by atoms with E-state index in [0.717, 1.165) is 106 Å². The number of methoxy groups -OCH3 is 2. The molecule has 56 heavy (non-hydrogen) atoms. The second kappa shape index (κ2) is 19.6. The van der Waals surface area contributed by atoms with Crippen molar-refractivity contribution in [3.05, 3.63) is 72.8 Å². The molecule has 0 spiro atoms. The Hall–Kier alpha value is -5.19. The maximum Gasteiger partial charge on any atom is 0.230 e. The van der Waals surface area contributed by atoms with Crippen LogP contribution in [-0.4, -0.2) is 133 Å². The van der Waals surface area contributed by atoms with Crippen LogP contribution in [0.2, 0.25) is 5.15 Å². The van der Waals surface area contributed by atoms with Crippen LogP contribution >= 0.6 is 11.6 Å². The summed E-state index contributed by atoms with van der Waals surface area (Å²) in [5.74, 6) is 3.64. The maximum atomic E-state index is 6.09. The lowest BCUT2D eigenvalue weighted by Crippen LogP contribution is -2.37. The fourth-order valence-corrected chi connectivity index (χ4v) is 6.61. The summed E-state index contributed by atoms with van der Waals surface area (Å²) < 4.78 is 39.7. The standard InChI is InChI=1S/C24H25N5O4.C16H20ClN3O3/c1-30-22-12-19-21(13-23(22)32-8-2-5-29-6-9-31-10-7-29)27-16-28-24(19)33-18-4-3-17-14-25-15-26-20(17)11-18;1-21-14-9-12-13(18-11-19-16(12)17)10-15(14)23-6-2-3-20-4-7-22-8-5-20/h3-4,11-16H,2,5-10H2,1H3;9-11H,2-8H2,1H3. The number of fused-ring (bicyclic) bond motifs is 3. The van der Waals surface area contributed by atoms with E-state index in [1.54, 1.807) is 20.4 Å². The number of nitrogens with zero attached hydrogens (tertiary/aromatic N) is 8. The van der Waals surface area contributed by atoms with Gasteiger partial charge in [-0.25, -0.2) is 29.9 Å². The molecule has 3 aromatic carbocycles. The molecule has 2 fully saturated rings. The van der Waals surface area contributed by atoms with E-state index in [1.807, 2.05) is 42.5 Å². The zero-order valence-corrected chi connectivity index (χ0v) is 32.3. The summed E-state index contributed by atoms with van der Waals surface area (Å²) in [4.78, 5) is 30.0. The summed E-state index contributed by atoms with van der Waals surface area (Å²) in [6.07, 6.45) is 8.07. The molecule has 0 amide bonds. The molecule has 0 N–H and O–H groups in total. The van der Waals surface area contributed by atoms with Crippen molar-refractivity contribution in [1.29, 1.82) is 0 Å². The molecule has 0 radical (unpaired) electrons. The highest BCUT2D eigenvalue weighted by molar-refractivity contribution is 6.34. The van der Waals surface area contributed by atoms with E-state index in [1.165, 1.54) is 19.0 Å². The number of hydrogen-bond donors (Lipinski definition) is 0. The Kier molecular flexibility index (Phi) is 13.7. The average molecular weight is 785 g/mol. The van der Waals surface area contributed by atoms with Crippen LogP contribution in [0.15, 0.2) is 67.6 Å². The van der Waals surface area contributed by atoms with Gasteiger partial charge < -0.3 is 33.2 Å². The normalized spacial score (nSPS) is 15.0. The van der Waals surface area contributed by atoms with E-state index in [9.17, 15) is 0 Å². The van der Waals surface area contributed by atoms with E-state index < -0.39 is 0 Å². The largest absolute Gasteiger partial charge is 0.493 e. The van der Waals surface area contributed by atoms with Crippen molar-refractivity contribution in [3.8, 4) is 34.6 Å². The molecule has 3 aromatic heterocycles. The molecular weight excluding hydrogens is 740 g/mol. The minimum absolute atomic E-state index is 0.409. The second-order valence-corrected chi connectivity index (χ2v) is 13.4. The van der Waals surface area contributed by atoms with Crippen LogP contribution in [0.3, 0.4) is 0 Å². The van der Waals surface area contributed by atoms with Crippen molar-refractivity contribution in [2.75, 3.05) is 93.1 Å². The first-order valence-electron chi connectivity index (χ1n) is 18.6. The minimum Gasteiger partial charge on any atom is -0.493 e. The van der Waals surface area contributed by atoms with E-state index in [4.69, 9.17) is 44.8 Å². The molecule has 0 bridgehead atoms. The molecule has 6 aromatic rings. The van der Waals surface area contributed by atoms with Gasteiger partial charge in [-0.1, -0.05) is 11.6 Å². The van der Waals surface area contributed by atoms with Crippen LogP contribution in [0.5, 0.6) is 34.6 Å². The first-order valence-corrected chi connectivity index (χ1v) is 19.0. The Balaban J connectivity index is 0.000000183. The summed E-state index contributed by atoms with van der Waals surface area (Å²) in [7, 11) is 3.23. The predicted octanol–water partition coefficient (Wildman–Crippen LogP) is 5.87. The summed E-state index contributed by atoms with van der Waals surface area (Å²) in [6.45, 7) is 10.4. The van der Waals surface area contributed by atoms with Gasteiger partial charge in [-0.15, -0.1) is 0 Å². The molecule has 294 valence electrons. The van der Waals surface area contributed by atoms with Gasteiger partial charge in [0.05, 0.1) is 75.8 Å². The van der Waals surface area contributed by atoms with Crippen molar-refractivity contribution in [2.45, 2.75) is 12.8 Å². The molecule has 0 atom stereocenters. The van der Waals surface area contributed by atoms with Gasteiger partial charge in [0, 0.05) is 74.4 Å². The SMILES string of the molecule is COc1cc2c(Cl)ncnc2cc1OCCCN1CCOCC1.COc1cc2c(Oc3ccc4cncnc4c3)ncnc2cc1OCCCN1CCOCC1. The van der Waals surface area contributed by atoms with Crippen LogP contribution in [0.1, 0.15) is 12.8 Å². The summed E-state index contributed by atoms with van der Waals surface area (Å²) in [6, 6.07) is 13.0. The van der Waals surface area contributed by atoms with Crippen molar-refractivity contribution in [3.63, 3.8) is 0 Å². The van der Waals surface area contributed by atoms with Crippen LogP contribution in [0.25, 0.3) is 32.7 Å². The van der Waals surface area contributed by atoms with Gasteiger partial charge in [0.1, 0.15) is 29.9 Å². The maximum absolute atomic E-state index is 6.09. The Morgan fingerprint density at radius 1 is 0.625 bits per heavy atom. The van der Waals surface area contributed by atoms with Gasteiger partial charge in [-0.3, -0.25) is 9.80 Å². The number of hydrogen-bond acceptors (Lipinski definition) is 15. The predicted molar refractivity (Wildman–Crippen MR) is 212 cm³/mol. The quantitative estimate of drug-likeness (QED) is 0.0957. The van der Waals surface area contributed by atoms with Gasteiger partial charge in [-0.05, 0) is 37.1 Å². The summed E-state index contributed by atoms with van der Waals surface area (Å²) in [5.41, 5.74) is 2.26. The minimum atomic E-state index is 0.409. The van der Waals surface area contributed by atoms with E-state index >= 15 is 0 Å². The van der Waals surface area contributed by atoms with Crippen molar-refractivity contribution in [2.24, 2.45) is 0 Å². The monoisotopic (exact) mass is 784 g/mol. The molecule has 0 unspecified atom stereocenters. The van der Waals surface area contributed by atoms with Gasteiger partial charge in [-0.2, -0.15) is 0 Å². The molecule has 0 aliphatic carbocycles. The fraction of sp³-hybridized carbons (Fsp3) is 0.400. The molecule has 2 aliphatic rings. The van der Waals surface area contributed by atoms with Gasteiger partial charge in [0.2, 0.25) is 5.88 Å². The fourth-order valence-electron chi connectivity index (χ4n) is 6.42. The van der Waals surface area contributed by atoms with E-state index in [2.05, 4.69) is 39.7 Å². The van der Waals surface area contributed by atoms with Gasteiger partial charge >= 0.3 is 0 Å². The average Bonchev–Trinajstić information content (AvgIpc) is 3.24. The van der Waals surface area contributed by atoms with Crippen LogP contribution in [0, 0.1) is 0 Å². The zero-order chi connectivity index (χ0) is 38.5. The third kappa shape index (κ3) is 10.2. The molecule has 2 aliphatic heterocycles. The highest BCUT2D eigenvalue weighted by atomic mass is 35.5.